The van der Waals surface area contributed by atoms with E-state index >= 15 is 0 Å². The van der Waals surface area contributed by atoms with Gasteiger partial charge in [0, 0.05) is 43.0 Å². The number of hydrogen-bond acceptors (Lipinski definition) is 4. The van der Waals surface area contributed by atoms with Gasteiger partial charge in [0.05, 0.1) is 12.7 Å². The number of carbonyl (C=O) groups is 1. The number of methoxy groups -OCH3 is 1. The van der Waals surface area contributed by atoms with Gasteiger partial charge in [-0.05, 0) is 48.4 Å². The minimum atomic E-state index is -0.328. The molecule has 1 amide bonds. The molecule has 1 aromatic carbocycles. The van der Waals surface area contributed by atoms with Crippen molar-refractivity contribution >= 4 is 17.2 Å². The van der Waals surface area contributed by atoms with E-state index in [9.17, 15) is 9.18 Å². The van der Waals surface area contributed by atoms with Crippen molar-refractivity contribution in [1.82, 2.24) is 9.80 Å². The van der Waals surface area contributed by atoms with Crippen molar-refractivity contribution in [3.8, 4) is 5.75 Å². The Bertz CT molecular complexity index is 858. The lowest BCUT2D eigenvalue weighted by molar-refractivity contribution is 0.0627. The molecule has 6 heteroatoms. The molecule has 0 N–H and O–H groups in total. The zero-order valence-corrected chi connectivity index (χ0v) is 17.4. The number of hydrogen-bond donors (Lipinski definition) is 0. The minimum absolute atomic E-state index is 0.183. The van der Waals surface area contributed by atoms with E-state index in [1.165, 1.54) is 30.0 Å². The van der Waals surface area contributed by atoms with Crippen LogP contribution in [0.4, 0.5) is 4.39 Å². The molecule has 0 radical (unpaired) electrons. The van der Waals surface area contributed by atoms with Crippen molar-refractivity contribution in [1.29, 1.82) is 0 Å². The van der Waals surface area contributed by atoms with E-state index in [1.54, 1.807) is 17.4 Å². The lowest BCUT2D eigenvalue weighted by Gasteiger charge is -2.35. The number of carbonyl (C=O) groups excluding carboxylic acids is 1. The Labute approximate surface area is 169 Å². The van der Waals surface area contributed by atoms with Crippen molar-refractivity contribution in [2.24, 2.45) is 5.92 Å². The molecule has 1 aromatic heterocycles. The quantitative estimate of drug-likeness (QED) is 0.776. The molecule has 150 valence electrons. The lowest BCUT2D eigenvalue weighted by Crippen LogP contribution is -2.48. The number of nitrogens with zero attached hydrogens (tertiary/aromatic N) is 2. The minimum Gasteiger partial charge on any atom is -0.494 e. The molecule has 1 saturated heterocycles. The Kier molecular flexibility index (Phi) is 5.69. The number of benzene rings is 1. The largest absolute Gasteiger partial charge is 0.494 e. The highest BCUT2D eigenvalue weighted by Crippen LogP contribution is 2.33. The number of piperazine rings is 1. The third-order valence-corrected chi connectivity index (χ3v) is 6.97. The van der Waals surface area contributed by atoms with Crippen LogP contribution in [0.1, 0.15) is 39.7 Å². The Morgan fingerprint density at radius 3 is 2.79 bits per heavy atom. The molecule has 1 atom stereocenters. The van der Waals surface area contributed by atoms with E-state index in [1.807, 2.05) is 11.0 Å². The van der Waals surface area contributed by atoms with Gasteiger partial charge in [0.2, 0.25) is 0 Å². The number of fused-ring (bicyclic) bond motifs is 1. The van der Waals surface area contributed by atoms with Crippen LogP contribution in [0.2, 0.25) is 0 Å². The first-order chi connectivity index (χ1) is 13.5. The molecule has 2 heterocycles. The molecule has 1 aliphatic carbocycles. The van der Waals surface area contributed by atoms with Gasteiger partial charge >= 0.3 is 0 Å². The van der Waals surface area contributed by atoms with Gasteiger partial charge in [-0.15, -0.1) is 11.3 Å². The predicted octanol–water partition coefficient (Wildman–Crippen LogP) is 3.98. The fourth-order valence-corrected chi connectivity index (χ4v) is 5.44. The first kappa shape index (κ1) is 19.4. The highest BCUT2D eigenvalue weighted by Gasteiger charge is 2.28. The van der Waals surface area contributed by atoms with E-state index in [2.05, 4.69) is 17.2 Å². The van der Waals surface area contributed by atoms with Crippen LogP contribution in [-0.4, -0.2) is 49.0 Å². The van der Waals surface area contributed by atoms with Crippen LogP contribution in [0.25, 0.3) is 0 Å². The van der Waals surface area contributed by atoms with Crippen molar-refractivity contribution in [3.63, 3.8) is 0 Å². The fourth-order valence-electron chi connectivity index (χ4n) is 4.20. The van der Waals surface area contributed by atoms with Crippen LogP contribution in [0.15, 0.2) is 23.6 Å². The SMILES string of the molecule is COc1ccc(CN2CCN(C(=O)c3csc4c3CCC(C)C4)CC2)cc1F. The summed E-state index contributed by atoms with van der Waals surface area (Å²) in [6, 6.07) is 5.11. The summed E-state index contributed by atoms with van der Waals surface area (Å²) in [5.74, 6) is 0.848. The number of halogens is 1. The number of rotatable bonds is 4. The maximum Gasteiger partial charge on any atom is 0.255 e. The number of amides is 1. The smallest absolute Gasteiger partial charge is 0.255 e. The number of ether oxygens (including phenoxy) is 1. The zero-order chi connectivity index (χ0) is 19.7. The first-order valence-electron chi connectivity index (χ1n) is 9.98. The Balaban J connectivity index is 1.35. The number of thiophene rings is 1. The van der Waals surface area contributed by atoms with Crippen molar-refractivity contribution < 1.29 is 13.9 Å². The van der Waals surface area contributed by atoms with E-state index in [-0.39, 0.29) is 17.5 Å². The molecule has 0 saturated carbocycles. The van der Waals surface area contributed by atoms with Gasteiger partial charge in [0.1, 0.15) is 0 Å². The van der Waals surface area contributed by atoms with Gasteiger partial charge in [-0.1, -0.05) is 13.0 Å². The van der Waals surface area contributed by atoms with Crippen molar-refractivity contribution in [3.05, 3.63) is 51.0 Å². The van der Waals surface area contributed by atoms with Gasteiger partial charge < -0.3 is 9.64 Å². The molecular formula is C22H27FN2O2S. The summed E-state index contributed by atoms with van der Waals surface area (Å²) in [6.07, 6.45) is 3.32. The summed E-state index contributed by atoms with van der Waals surface area (Å²) in [5.41, 5.74) is 3.15. The van der Waals surface area contributed by atoms with Crippen LogP contribution in [0.3, 0.4) is 0 Å². The standard InChI is InChI=1S/C22H27FN2O2S/c1-15-3-5-17-18(14-28-21(17)11-15)22(26)25-9-7-24(8-10-25)13-16-4-6-20(27-2)19(23)12-16/h4,6,12,14-15H,3,5,7-11,13H2,1-2H3. The second kappa shape index (κ2) is 8.21. The highest BCUT2D eigenvalue weighted by molar-refractivity contribution is 7.10. The highest BCUT2D eigenvalue weighted by atomic mass is 32.1. The fraction of sp³-hybridized carbons (Fsp3) is 0.500. The van der Waals surface area contributed by atoms with Crippen LogP contribution in [0.5, 0.6) is 5.75 Å². The van der Waals surface area contributed by atoms with Gasteiger partial charge in [0.25, 0.3) is 5.91 Å². The van der Waals surface area contributed by atoms with Gasteiger partial charge in [-0.25, -0.2) is 4.39 Å². The summed E-state index contributed by atoms with van der Waals surface area (Å²) >= 11 is 1.75. The second-order valence-electron chi connectivity index (χ2n) is 7.94. The van der Waals surface area contributed by atoms with E-state index < -0.39 is 0 Å². The normalized spacial score (nSPS) is 20.1. The van der Waals surface area contributed by atoms with E-state index in [0.29, 0.717) is 6.54 Å². The van der Waals surface area contributed by atoms with Crippen LogP contribution in [-0.2, 0) is 19.4 Å². The molecule has 4 rings (SSSR count). The molecule has 0 spiro atoms. The monoisotopic (exact) mass is 402 g/mol. The van der Waals surface area contributed by atoms with E-state index in [4.69, 9.17) is 4.74 Å². The molecule has 28 heavy (non-hydrogen) atoms. The Morgan fingerprint density at radius 1 is 1.29 bits per heavy atom. The van der Waals surface area contributed by atoms with Crippen LogP contribution < -0.4 is 4.74 Å². The van der Waals surface area contributed by atoms with E-state index in [0.717, 1.165) is 56.1 Å². The Hall–Kier alpha value is -1.92. The summed E-state index contributed by atoms with van der Waals surface area (Å²) < 4.78 is 18.9. The molecule has 4 nitrogen and oxygen atoms in total. The first-order valence-corrected chi connectivity index (χ1v) is 10.9. The topological polar surface area (TPSA) is 32.8 Å². The maximum absolute atomic E-state index is 13.9. The lowest BCUT2D eigenvalue weighted by atomic mass is 9.88. The zero-order valence-electron chi connectivity index (χ0n) is 16.5. The van der Waals surface area contributed by atoms with Crippen LogP contribution >= 0.6 is 11.3 Å². The Morgan fingerprint density at radius 2 is 2.07 bits per heavy atom. The average molecular weight is 403 g/mol. The predicted molar refractivity (Wildman–Crippen MR) is 110 cm³/mol. The maximum atomic E-state index is 13.9. The molecule has 1 unspecified atom stereocenters. The van der Waals surface area contributed by atoms with Crippen molar-refractivity contribution in [2.45, 2.75) is 32.7 Å². The third kappa shape index (κ3) is 3.94. The molecule has 1 fully saturated rings. The summed E-state index contributed by atoms with van der Waals surface area (Å²) in [6.45, 7) is 6.04. The van der Waals surface area contributed by atoms with Gasteiger partial charge in [-0.3, -0.25) is 9.69 Å². The molecule has 1 aliphatic heterocycles. The molecule has 2 aliphatic rings. The van der Waals surface area contributed by atoms with Gasteiger partial charge in [0.15, 0.2) is 11.6 Å². The molecular weight excluding hydrogens is 375 g/mol. The third-order valence-electron chi connectivity index (χ3n) is 5.91. The van der Waals surface area contributed by atoms with Crippen LogP contribution in [0, 0.1) is 11.7 Å². The van der Waals surface area contributed by atoms with Gasteiger partial charge in [-0.2, -0.15) is 0 Å². The van der Waals surface area contributed by atoms with Crippen molar-refractivity contribution in [2.75, 3.05) is 33.3 Å². The molecule has 2 aromatic rings. The molecule has 0 bridgehead atoms. The summed E-state index contributed by atoms with van der Waals surface area (Å²) in [5, 5.41) is 2.07. The summed E-state index contributed by atoms with van der Waals surface area (Å²) in [7, 11) is 1.47. The average Bonchev–Trinajstić information content (AvgIpc) is 3.11. The summed E-state index contributed by atoms with van der Waals surface area (Å²) in [4.78, 5) is 18.7. The second-order valence-corrected chi connectivity index (χ2v) is 8.90.